The number of hydrogen-bond donors (Lipinski definition) is 2. The Balaban J connectivity index is 1.43. The molecule has 1 saturated heterocycles. The number of nitrogens with zero attached hydrogens (tertiary/aromatic N) is 3. The maximum absolute atomic E-state index is 12.8. The lowest BCUT2D eigenvalue weighted by Gasteiger charge is -2.24. The molecule has 1 aliphatic rings. The topological polar surface area (TPSA) is 94.6 Å². The van der Waals surface area contributed by atoms with Gasteiger partial charge in [-0.1, -0.05) is 24.3 Å². The summed E-state index contributed by atoms with van der Waals surface area (Å²) in [4.78, 5) is 44.8. The molecule has 0 unspecified atom stereocenters. The van der Waals surface area contributed by atoms with Gasteiger partial charge in [0.15, 0.2) is 0 Å². The van der Waals surface area contributed by atoms with Crippen LogP contribution in [0.2, 0.25) is 0 Å². The highest BCUT2D eigenvalue weighted by molar-refractivity contribution is 5.93. The molecule has 8 heteroatoms. The van der Waals surface area contributed by atoms with E-state index in [-0.39, 0.29) is 30.2 Å². The second-order valence-electron chi connectivity index (χ2n) is 9.07. The van der Waals surface area contributed by atoms with Gasteiger partial charge in [0.25, 0.3) is 0 Å². The number of benzene rings is 2. The molecule has 0 saturated carbocycles. The zero-order chi connectivity index (χ0) is 24.8. The van der Waals surface area contributed by atoms with Crippen molar-refractivity contribution < 1.29 is 14.4 Å². The van der Waals surface area contributed by atoms with Gasteiger partial charge < -0.3 is 15.5 Å². The Hall–Kier alpha value is -3.78. The van der Waals surface area contributed by atoms with Crippen LogP contribution in [-0.4, -0.2) is 65.2 Å². The minimum atomic E-state index is -0.142. The largest absolute Gasteiger partial charge is 0.341 e. The number of hydrogen-bond acceptors (Lipinski definition) is 5. The summed E-state index contributed by atoms with van der Waals surface area (Å²) in [7, 11) is 0. The van der Waals surface area contributed by atoms with E-state index in [2.05, 4.69) is 38.7 Å². The van der Waals surface area contributed by atoms with Crippen molar-refractivity contribution in [3.05, 3.63) is 66.4 Å². The van der Waals surface area contributed by atoms with Crippen molar-refractivity contribution in [2.24, 2.45) is 5.92 Å². The number of para-hydroxylation sites is 1. The van der Waals surface area contributed by atoms with Crippen LogP contribution in [0.5, 0.6) is 0 Å². The Kier molecular flexibility index (Phi) is 7.72. The summed E-state index contributed by atoms with van der Waals surface area (Å²) in [5.41, 5.74) is 3.49. The number of amides is 3. The van der Waals surface area contributed by atoms with E-state index < -0.39 is 0 Å². The minimum absolute atomic E-state index is 0.0524. The molecule has 35 heavy (non-hydrogen) atoms. The number of nitrogens with one attached hydrogen (secondary N) is 2. The first-order valence-corrected chi connectivity index (χ1v) is 11.9. The van der Waals surface area contributed by atoms with Crippen LogP contribution in [0.25, 0.3) is 10.9 Å². The highest BCUT2D eigenvalue weighted by Gasteiger charge is 2.26. The Labute approximate surface area is 205 Å². The van der Waals surface area contributed by atoms with Crippen LogP contribution in [0.4, 0.5) is 11.4 Å². The molecule has 2 heterocycles. The highest BCUT2D eigenvalue weighted by Crippen LogP contribution is 2.22. The van der Waals surface area contributed by atoms with Crippen molar-refractivity contribution in [2.75, 3.05) is 43.4 Å². The third kappa shape index (κ3) is 6.64. The molecule has 0 bridgehead atoms. The van der Waals surface area contributed by atoms with Gasteiger partial charge in [0.2, 0.25) is 17.7 Å². The number of aromatic nitrogens is 1. The molecule has 3 amide bonds. The van der Waals surface area contributed by atoms with Crippen molar-refractivity contribution in [3.63, 3.8) is 0 Å². The first-order chi connectivity index (χ1) is 16.9. The predicted molar refractivity (Wildman–Crippen MR) is 137 cm³/mol. The van der Waals surface area contributed by atoms with E-state index in [1.165, 1.54) is 6.92 Å². The molecule has 2 aromatic carbocycles. The van der Waals surface area contributed by atoms with Gasteiger partial charge in [-0.25, -0.2) is 0 Å². The maximum atomic E-state index is 12.8. The van der Waals surface area contributed by atoms with E-state index >= 15 is 0 Å². The van der Waals surface area contributed by atoms with Crippen molar-refractivity contribution in [1.29, 1.82) is 0 Å². The molecule has 1 atom stereocenters. The molecule has 0 aliphatic carbocycles. The van der Waals surface area contributed by atoms with Crippen LogP contribution < -0.4 is 10.6 Å². The average molecular weight is 474 g/mol. The van der Waals surface area contributed by atoms with Crippen LogP contribution in [0.1, 0.15) is 19.4 Å². The molecule has 2 N–H and O–H groups in total. The summed E-state index contributed by atoms with van der Waals surface area (Å²) < 4.78 is 0. The fourth-order valence-corrected chi connectivity index (χ4v) is 4.62. The Morgan fingerprint density at radius 3 is 2.34 bits per heavy atom. The number of anilines is 2. The zero-order valence-corrected chi connectivity index (χ0v) is 20.2. The van der Waals surface area contributed by atoms with Crippen molar-refractivity contribution >= 4 is 40.0 Å². The molecular formula is C27H31N5O3. The van der Waals surface area contributed by atoms with Gasteiger partial charge in [-0.3, -0.25) is 24.3 Å². The van der Waals surface area contributed by atoms with Gasteiger partial charge in [-0.15, -0.1) is 0 Å². The molecule has 0 radical (unpaired) electrons. The molecule has 1 aliphatic heterocycles. The monoisotopic (exact) mass is 473 g/mol. The summed E-state index contributed by atoms with van der Waals surface area (Å²) in [5, 5.41) is 6.74. The number of fused-ring (bicyclic) bond motifs is 1. The summed E-state index contributed by atoms with van der Waals surface area (Å²) in [6, 6.07) is 17.2. The molecule has 8 nitrogen and oxygen atoms in total. The quantitative estimate of drug-likeness (QED) is 0.574. The Morgan fingerprint density at radius 2 is 1.63 bits per heavy atom. The normalized spacial score (nSPS) is 16.5. The molecule has 0 spiro atoms. The van der Waals surface area contributed by atoms with Gasteiger partial charge >= 0.3 is 0 Å². The summed E-state index contributed by atoms with van der Waals surface area (Å²) in [6.45, 7) is 5.89. The van der Waals surface area contributed by atoms with Crippen molar-refractivity contribution in [1.82, 2.24) is 14.8 Å². The smallest absolute Gasteiger partial charge is 0.238 e. The van der Waals surface area contributed by atoms with E-state index in [1.807, 2.05) is 17.0 Å². The van der Waals surface area contributed by atoms with Gasteiger partial charge in [0.1, 0.15) is 0 Å². The lowest BCUT2D eigenvalue weighted by atomic mass is 9.96. The maximum Gasteiger partial charge on any atom is 0.238 e. The van der Waals surface area contributed by atoms with E-state index in [0.717, 1.165) is 22.9 Å². The number of pyridine rings is 1. The molecule has 1 aromatic heterocycles. The lowest BCUT2D eigenvalue weighted by molar-refractivity contribution is -0.129. The highest BCUT2D eigenvalue weighted by atomic mass is 16.2. The van der Waals surface area contributed by atoms with E-state index in [9.17, 15) is 14.4 Å². The fourth-order valence-electron chi connectivity index (χ4n) is 4.62. The third-order valence-electron chi connectivity index (χ3n) is 6.21. The molecule has 1 fully saturated rings. The lowest BCUT2D eigenvalue weighted by Crippen LogP contribution is -2.37. The van der Waals surface area contributed by atoms with E-state index in [0.29, 0.717) is 37.6 Å². The summed E-state index contributed by atoms with van der Waals surface area (Å²) in [6.07, 6.45) is 2.58. The van der Waals surface area contributed by atoms with Crippen LogP contribution in [0.3, 0.4) is 0 Å². The van der Waals surface area contributed by atoms with Crippen LogP contribution in [0, 0.1) is 5.92 Å². The molecule has 4 rings (SSSR count). The van der Waals surface area contributed by atoms with E-state index in [1.54, 1.807) is 37.4 Å². The van der Waals surface area contributed by atoms with Crippen molar-refractivity contribution in [3.8, 4) is 0 Å². The van der Waals surface area contributed by atoms with Crippen LogP contribution in [0.15, 0.2) is 60.8 Å². The van der Waals surface area contributed by atoms with Gasteiger partial charge in [0, 0.05) is 63.0 Å². The SMILES string of the molecule is CC(=O)Nc1ccc(NC(=O)CN2CCN(C(C)=O)C[C@@H](Cc3cccc4cccnc34)C2)cc1. The first kappa shape index (κ1) is 24.3. The zero-order valence-electron chi connectivity index (χ0n) is 20.2. The molecule has 182 valence electrons. The first-order valence-electron chi connectivity index (χ1n) is 11.9. The predicted octanol–water partition coefficient (Wildman–Crippen LogP) is 3.15. The molecular weight excluding hydrogens is 442 g/mol. The standard InChI is InChI=1S/C27H31N5O3/c1-19(33)29-24-8-10-25(11-9-24)30-26(35)18-31-13-14-32(20(2)34)17-21(16-31)15-23-6-3-5-22-7-4-12-28-27(22)23/h3-12,21H,13-18H2,1-2H3,(H,29,33)(H,30,35)/t21-/m0/s1. The number of rotatable bonds is 6. The molecule has 3 aromatic rings. The van der Waals surface area contributed by atoms with Crippen molar-refractivity contribution in [2.45, 2.75) is 20.3 Å². The summed E-state index contributed by atoms with van der Waals surface area (Å²) >= 11 is 0. The number of carbonyl (C=O) groups is 3. The minimum Gasteiger partial charge on any atom is -0.341 e. The van der Waals surface area contributed by atoms with Crippen LogP contribution in [-0.2, 0) is 20.8 Å². The second kappa shape index (κ2) is 11.1. The van der Waals surface area contributed by atoms with Gasteiger partial charge in [-0.2, -0.15) is 0 Å². The van der Waals surface area contributed by atoms with Gasteiger partial charge in [-0.05, 0) is 48.2 Å². The van der Waals surface area contributed by atoms with Gasteiger partial charge in [0.05, 0.1) is 12.1 Å². The third-order valence-corrected chi connectivity index (χ3v) is 6.21. The number of carbonyl (C=O) groups excluding carboxylic acids is 3. The van der Waals surface area contributed by atoms with Crippen LogP contribution >= 0.6 is 0 Å². The Bertz CT molecular complexity index is 1210. The Morgan fingerprint density at radius 1 is 0.914 bits per heavy atom. The second-order valence-corrected chi connectivity index (χ2v) is 9.07. The average Bonchev–Trinajstić information content (AvgIpc) is 3.02. The summed E-state index contributed by atoms with van der Waals surface area (Å²) in [5.74, 6) is -0.0223. The van der Waals surface area contributed by atoms with E-state index in [4.69, 9.17) is 0 Å². The fraction of sp³-hybridized carbons (Fsp3) is 0.333.